The molecule has 0 aromatic rings. The maximum atomic E-state index is 11.2. The Balaban J connectivity index is 2.22. The minimum atomic E-state index is -0.531. The van der Waals surface area contributed by atoms with Gasteiger partial charge in [0.1, 0.15) is 11.3 Å². The van der Waals surface area contributed by atoms with Crippen molar-refractivity contribution in [3.63, 3.8) is 0 Å². The van der Waals surface area contributed by atoms with Crippen LogP contribution in [0.25, 0.3) is 0 Å². The number of nitrogens with one attached hydrogen (secondary N) is 2. The predicted molar refractivity (Wildman–Crippen MR) is 38.0 cm³/mol. The fourth-order valence-corrected chi connectivity index (χ4v) is 1.74. The van der Waals surface area contributed by atoms with Gasteiger partial charge in [-0.05, 0) is 6.42 Å². The molecule has 4 nitrogen and oxygen atoms in total. The van der Waals surface area contributed by atoms with Crippen molar-refractivity contribution in [2.24, 2.45) is 0 Å². The third-order valence-corrected chi connectivity index (χ3v) is 2.39. The number of rotatable bonds is 0. The fraction of sp³-hybridized carbons (Fsp3) is 0.714. The molecule has 1 atom stereocenters. The van der Waals surface area contributed by atoms with Crippen LogP contribution in [0.5, 0.6) is 0 Å². The summed E-state index contributed by atoms with van der Waals surface area (Å²) >= 11 is 0. The summed E-state index contributed by atoms with van der Waals surface area (Å²) in [4.78, 5) is 22.1. The van der Waals surface area contributed by atoms with E-state index in [9.17, 15) is 9.59 Å². The van der Waals surface area contributed by atoms with Gasteiger partial charge in [0, 0.05) is 13.0 Å². The van der Waals surface area contributed by atoms with Crippen molar-refractivity contribution in [1.29, 1.82) is 0 Å². The van der Waals surface area contributed by atoms with E-state index in [4.69, 9.17) is 0 Å². The van der Waals surface area contributed by atoms with Gasteiger partial charge in [0.25, 0.3) is 0 Å². The molecule has 0 bridgehead atoms. The van der Waals surface area contributed by atoms with Gasteiger partial charge in [0.2, 0.25) is 5.91 Å². The SMILES string of the molecule is O=C1CNC2(CCNC2=O)C1. The van der Waals surface area contributed by atoms with Crippen LogP contribution < -0.4 is 10.6 Å². The van der Waals surface area contributed by atoms with Crippen LogP contribution in [0.4, 0.5) is 0 Å². The van der Waals surface area contributed by atoms with Gasteiger partial charge in [-0.3, -0.25) is 14.9 Å². The lowest BCUT2D eigenvalue weighted by Gasteiger charge is -2.17. The van der Waals surface area contributed by atoms with Gasteiger partial charge in [0.15, 0.2) is 0 Å². The summed E-state index contributed by atoms with van der Waals surface area (Å²) in [6, 6.07) is 0. The van der Waals surface area contributed by atoms with Crippen LogP contribution in [-0.2, 0) is 9.59 Å². The van der Waals surface area contributed by atoms with E-state index in [1.165, 1.54) is 0 Å². The number of amides is 1. The number of Topliss-reactive ketones (excluding diaryl/α,β-unsaturated/α-hetero) is 1. The summed E-state index contributed by atoms with van der Waals surface area (Å²) in [5, 5.41) is 5.69. The third kappa shape index (κ3) is 0.860. The Hall–Kier alpha value is -0.900. The smallest absolute Gasteiger partial charge is 0.240 e. The Morgan fingerprint density at radius 1 is 1.36 bits per heavy atom. The monoisotopic (exact) mass is 154 g/mol. The molecule has 2 rings (SSSR count). The molecule has 2 saturated heterocycles. The Morgan fingerprint density at radius 2 is 2.18 bits per heavy atom. The van der Waals surface area contributed by atoms with E-state index >= 15 is 0 Å². The number of hydrogen-bond acceptors (Lipinski definition) is 3. The van der Waals surface area contributed by atoms with Gasteiger partial charge in [-0.1, -0.05) is 0 Å². The number of carbonyl (C=O) groups is 2. The van der Waals surface area contributed by atoms with E-state index in [1.807, 2.05) is 0 Å². The largest absolute Gasteiger partial charge is 0.354 e. The van der Waals surface area contributed by atoms with E-state index in [2.05, 4.69) is 10.6 Å². The second-order valence-corrected chi connectivity index (χ2v) is 3.16. The molecule has 0 radical (unpaired) electrons. The molecule has 0 aromatic carbocycles. The highest BCUT2D eigenvalue weighted by Gasteiger charge is 2.47. The van der Waals surface area contributed by atoms with Crippen LogP contribution in [0, 0.1) is 0 Å². The third-order valence-electron chi connectivity index (χ3n) is 2.39. The highest BCUT2D eigenvalue weighted by molar-refractivity contribution is 5.98. The molecule has 4 heteroatoms. The van der Waals surface area contributed by atoms with Crippen molar-refractivity contribution in [1.82, 2.24) is 10.6 Å². The molecule has 2 heterocycles. The summed E-state index contributed by atoms with van der Waals surface area (Å²) in [6.45, 7) is 1.05. The van der Waals surface area contributed by atoms with Crippen LogP contribution in [0.2, 0.25) is 0 Å². The van der Waals surface area contributed by atoms with Gasteiger partial charge in [-0.25, -0.2) is 0 Å². The molecule has 60 valence electrons. The molecule has 2 fully saturated rings. The average Bonchev–Trinajstić information content (AvgIpc) is 2.46. The van der Waals surface area contributed by atoms with Crippen molar-refractivity contribution in [2.45, 2.75) is 18.4 Å². The Morgan fingerprint density at radius 3 is 2.64 bits per heavy atom. The van der Waals surface area contributed by atoms with Crippen LogP contribution >= 0.6 is 0 Å². The topological polar surface area (TPSA) is 58.2 Å². The summed E-state index contributed by atoms with van der Waals surface area (Å²) in [5.74, 6) is 0.130. The maximum Gasteiger partial charge on any atom is 0.240 e. The summed E-state index contributed by atoms with van der Waals surface area (Å²) in [7, 11) is 0. The van der Waals surface area contributed by atoms with Crippen molar-refractivity contribution >= 4 is 11.7 Å². The Bertz CT molecular complexity index is 226. The van der Waals surface area contributed by atoms with E-state index in [0.29, 0.717) is 19.5 Å². The standard InChI is InChI=1S/C7H10N2O2/c10-5-3-7(9-4-5)1-2-8-6(7)11/h9H,1-4H2,(H,8,11). The first-order chi connectivity index (χ1) is 5.23. The van der Waals surface area contributed by atoms with Crippen LogP contribution in [0.3, 0.4) is 0 Å². The zero-order valence-corrected chi connectivity index (χ0v) is 6.14. The van der Waals surface area contributed by atoms with Gasteiger partial charge in [-0.15, -0.1) is 0 Å². The van der Waals surface area contributed by atoms with E-state index < -0.39 is 5.54 Å². The molecule has 11 heavy (non-hydrogen) atoms. The number of carbonyl (C=O) groups excluding carboxylic acids is 2. The van der Waals surface area contributed by atoms with Crippen LogP contribution in [0.1, 0.15) is 12.8 Å². The zero-order valence-electron chi connectivity index (χ0n) is 6.14. The first kappa shape index (κ1) is 6.79. The lowest BCUT2D eigenvalue weighted by molar-refractivity contribution is -0.125. The lowest BCUT2D eigenvalue weighted by atomic mass is 9.96. The average molecular weight is 154 g/mol. The maximum absolute atomic E-state index is 11.2. The van der Waals surface area contributed by atoms with Gasteiger partial charge >= 0.3 is 0 Å². The second kappa shape index (κ2) is 2.04. The Labute approximate surface area is 64.3 Å². The van der Waals surface area contributed by atoms with Crippen LogP contribution in [0.15, 0.2) is 0 Å². The molecule has 0 aliphatic carbocycles. The van der Waals surface area contributed by atoms with E-state index in [-0.39, 0.29) is 11.7 Å². The second-order valence-electron chi connectivity index (χ2n) is 3.16. The lowest BCUT2D eigenvalue weighted by Crippen LogP contribution is -2.46. The minimum Gasteiger partial charge on any atom is -0.354 e. The molecule has 2 N–H and O–H groups in total. The quantitative estimate of drug-likeness (QED) is 0.461. The summed E-state index contributed by atoms with van der Waals surface area (Å²) in [6.07, 6.45) is 1.12. The van der Waals surface area contributed by atoms with Gasteiger partial charge < -0.3 is 5.32 Å². The molecule has 0 aromatic heterocycles. The fourth-order valence-electron chi connectivity index (χ4n) is 1.74. The molecular weight excluding hydrogens is 144 g/mol. The van der Waals surface area contributed by atoms with Gasteiger partial charge in [0.05, 0.1) is 6.54 Å². The first-order valence-corrected chi connectivity index (χ1v) is 3.78. The first-order valence-electron chi connectivity index (χ1n) is 3.78. The molecule has 2 aliphatic heterocycles. The molecule has 1 unspecified atom stereocenters. The molecule has 2 aliphatic rings. The molecular formula is C7H10N2O2. The van der Waals surface area contributed by atoms with E-state index in [1.54, 1.807) is 0 Å². The predicted octanol–water partition coefficient (Wildman–Crippen LogP) is -1.19. The van der Waals surface area contributed by atoms with E-state index in [0.717, 1.165) is 6.42 Å². The Kier molecular flexibility index (Phi) is 1.26. The molecule has 1 spiro atoms. The molecule has 0 saturated carbocycles. The summed E-state index contributed by atoms with van der Waals surface area (Å²) in [5.41, 5.74) is -0.531. The normalized spacial score (nSPS) is 36.7. The van der Waals surface area contributed by atoms with Crippen molar-refractivity contribution < 1.29 is 9.59 Å². The number of ketones is 1. The minimum absolute atomic E-state index is 0.0108. The zero-order chi connectivity index (χ0) is 7.90. The van der Waals surface area contributed by atoms with Gasteiger partial charge in [-0.2, -0.15) is 0 Å². The number of hydrogen-bond donors (Lipinski definition) is 2. The molecule has 1 amide bonds. The van der Waals surface area contributed by atoms with Crippen LogP contribution in [-0.4, -0.2) is 30.3 Å². The van der Waals surface area contributed by atoms with Crippen molar-refractivity contribution in [2.75, 3.05) is 13.1 Å². The summed E-state index contributed by atoms with van der Waals surface area (Å²) < 4.78 is 0. The van der Waals surface area contributed by atoms with Crippen molar-refractivity contribution in [3.8, 4) is 0 Å². The highest BCUT2D eigenvalue weighted by atomic mass is 16.2. The van der Waals surface area contributed by atoms with Crippen molar-refractivity contribution in [3.05, 3.63) is 0 Å². The highest BCUT2D eigenvalue weighted by Crippen LogP contribution is 2.24.